The molecule has 0 atom stereocenters. The highest BCUT2D eigenvalue weighted by Crippen LogP contribution is 2.27. The van der Waals surface area contributed by atoms with E-state index in [1.165, 1.54) is 12.1 Å². The van der Waals surface area contributed by atoms with Crippen molar-refractivity contribution >= 4 is 53.5 Å². The molecule has 2 aromatic heterocycles. The molecule has 0 saturated heterocycles. The predicted molar refractivity (Wildman–Crippen MR) is 112 cm³/mol. The zero-order chi connectivity index (χ0) is 20.6. The second-order valence-electron chi connectivity index (χ2n) is 6.59. The number of carbonyl (C=O) groups is 1. The van der Waals surface area contributed by atoms with Crippen LogP contribution in [-0.2, 0) is 16.4 Å². The minimum atomic E-state index is -3.41. The van der Waals surface area contributed by atoms with E-state index in [0.717, 1.165) is 34.1 Å². The van der Waals surface area contributed by atoms with E-state index in [1.807, 2.05) is 6.20 Å². The zero-order valence-electron chi connectivity index (χ0n) is 15.3. The van der Waals surface area contributed by atoms with E-state index in [2.05, 4.69) is 20.0 Å². The van der Waals surface area contributed by atoms with Crippen LogP contribution in [0, 0.1) is 5.82 Å². The Kier molecular flexibility index (Phi) is 4.97. The molecule has 10 heteroatoms. The van der Waals surface area contributed by atoms with Gasteiger partial charge in [-0.2, -0.15) is 0 Å². The van der Waals surface area contributed by atoms with Gasteiger partial charge >= 0.3 is 0 Å². The number of aromatic amines is 1. The average molecular weight is 433 g/mol. The molecule has 1 amide bonds. The van der Waals surface area contributed by atoms with E-state index < -0.39 is 10.0 Å². The first-order valence-corrected chi connectivity index (χ1v) is 11.4. The minimum absolute atomic E-state index is 0.246. The predicted octanol–water partition coefficient (Wildman–Crippen LogP) is 3.26. The van der Waals surface area contributed by atoms with Gasteiger partial charge in [0.1, 0.15) is 5.82 Å². The molecule has 4 rings (SSSR count). The van der Waals surface area contributed by atoms with Crippen molar-refractivity contribution in [3.8, 4) is 0 Å². The molecule has 0 aliphatic heterocycles. The summed E-state index contributed by atoms with van der Waals surface area (Å²) in [5, 5.41) is 3.91. The van der Waals surface area contributed by atoms with Crippen LogP contribution in [0.3, 0.4) is 0 Å². The number of nitrogens with one attached hydrogen (secondary N) is 3. The summed E-state index contributed by atoms with van der Waals surface area (Å²) in [4.78, 5) is 19.7. The van der Waals surface area contributed by atoms with Gasteiger partial charge in [-0.05, 0) is 48.4 Å². The van der Waals surface area contributed by atoms with Gasteiger partial charge in [0.25, 0.3) is 5.91 Å². The first kappa shape index (κ1) is 19.3. The minimum Gasteiger partial charge on any atom is -0.361 e. The van der Waals surface area contributed by atoms with Crippen LogP contribution in [0.25, 0.3) is 21.1 Å². The Hall–Kier alpha value is -2.98. The number of hydrogen-bond acceptors (Lipinski definition) is 5. The standard InChI is InChI=1S/C19H17FN4O3S2/c1-29(26,27)24-19-23-16-4-2-11(8-17(16)28-19)18(25)21-7-6-12-10-22-15-5-3-13(20)9-14(12)15/h2-5,8-10,22H,6-7H2,1H3,(H,21,25)(H,23,24). The quantitative estimate of drug-likeness (QED) is 0.435. The molecule has 29 heavy (non-hydrogen) atoms. The molecule has 0 radical (unpaired) electrons. The lowest BCUT2D eigenvalue weighted by atomic mass is 10.1. The second-order valence-corrected chi connectivity index (χ2v) is 9.36. The number of hydrogen-bond donors (Lipinski definition) is 3. The van der Waals surface area contributed by atoms with Crippen LogP contribution in [0.2, 0.25) is 0 Å². The number of benzene rings is 2. The Balaban J connectivity index is 1.43. The maximum atomic E-state index is 13.5. The Labute approximate surface area is 170 Å². The zero-order valence-corrected chi connectivity index (χ0v) is 17.0. The molecule has 2 aromatic carbocycles. The first-order chi connectivity index (χ1) is 13.8. The van der Waals surface area contributed by atoms with Gasteiger partial charge in [0.2, 0.25) is 10.0 Å². The number of amides is 1. The van der Waals surface area contributed by atoms with Crippen molar-refractivity contribution in [2.45, 2.75) is 6.42 Å². The molecular formula is C19H17FN4O3S2. The summed E-state index contributed by atoms with van der Waals surface area (Å²) in [5.74, 6) is -0.547. The highest BCUT2D eigenvalue weighted by Gasteiger charge is 2.12. The van der Waals surface area contributed by atoms with E-state index in [4.69, 9.17) is 0 Å². The third kappa shape index (κ3) is 4.38. The molecule has 4 aromatic rings. The summed E-state index contributed by atoms with van der Waals surface area (Å²) in [6, 6.07) is 9.56. The lowest BCUT2D eigenvalue weighted by Crippen LogP contribution is -2.25. The van der Waals surface area contributed by atoms with Crippen molar-refractivity contribution in [3.05, 3.63) is 59.5 Å². The summed E-state index contributed by atoms with van der Waals surface area (Å²) in [6.45, 7) is 0.393. The monoisotopic (exact) mass is 432 g/mol. The number of halogens is 1. The molecule has 0 aliphatic rings. The van der Waals surface area contributed by atoms with Crippen LogP contribution in [0.4, 0.5) is 9.52 Å². The van der Waals surface area contributed by atoms with Gasteiger partial charge in [-0.1, -0.05) is 11.3 Å². The summed E-state index contributed by atoms with van der Waals surface area (Å²) >= 11 is 1.16. The number of aromatic nitrogens is 2. The summed E-state index contributed by atoms with van der Waals surface area (Å²) < 4.78 is 39.2. The fourth-order valence-corrected chi connectivity index (χ4v) is 4.78. The molecule has 0 fully saturated rings. The van der Waals surface area contributed by atoms with Crippen LogP contribution >= 0.6 is 11.3 Å². The molecule has 3 N–H and O–H groups in total. The van der Waals surface area contributed by atoms with Crippen LogP contribution in [-0.4, -0.2) is 37.1 Å². The van der Waals surface area contributed by atoms with Crippen molar-refractivity contribution in [1.29, 1.82) is 0 Å². The molecule has 0 aliphatic carbocycles. The number of carbonyl (C=O) groups excluding carboxylic acids is 1. The molecule has 0 bridgehead atoms. The molecule has 0 saturated carbocycles. The molecule has 7 nitrogen and oxygen atoms in total. The number of thiazole rings is 1. The highest BCUT2D eigenvalue weighted by atomic mass is 32.2. The van der Waals surface area contributed by atoms with Crippen molar-refractivity contribution in [1.82, 2.24) is 15.3 Å². The first-order valence-electron chi connectivity index (χ1n) is 8.70. The van der Waals surface area contributed by atoms with E-state index in [1.54, 1.807) is 24.3 Å². The van der Waals surface area contributed by atoms with Crippen LogP contribution in [0.15, 0.2) is 42.6 Å². The SMILES string of the molecule is CS(=O)(=O)Nc1nc2ccc(C(=O)NCCc3c[nH]c4ccc(F)cc34)cc2s1. The van der Waals surface area contributed by atoms with Crippen molar-refractivity contribution in [3.63, 3.8) is 0 Å². The van der Waals surface area contributed by atoms with Gasteiger partial charge in [-0.15, -0.1) is 0 Å². The normalized spacial score (nSPS) is 11.8. The van der Waals surface area contributed by atoms with Crippen LogP contribution in [0.1, 0.15) is 15.9 Å². The largest absolute Gasteiger partial charge is 0.361 e. The van der Waals surface area contributed by atoms with E-state index in [-0.39, 0.29) is 16.9 Å². The van der Waals surface area contributed by atoms with Gasteiger partial charge in [0.15, 0.2) is 5.13 Å². The van der Waals surface area contributed by atoms with Crippen molar-refractivity contribution < 1.29 is 17.6 Å². The topological polar surface area (TPSA) is 104 Å². The molecule has 0 spiro atoms. The second kappa shape index (κ2) is 7.45. The number of sulfonamides is 1. The van der Waals surface area contributed by atoms with Gasteiger partial charge in [-0.25, -0.2) is 17.8 Å². The summed E-state index contributed by atoms with van der Waals surface area (Å²) in [6.07, 6.45) is 3.43. The van der Waals surface area contributed by atoms with Crippen molar-refractivity contribution in [2.24, 2.45) is 0 Å². The fourth-order valence-electron chi connectivity index (χ4n) is 3.04. The number of fused-ring (bicyclic) bond motifs is 2. The maximum Gasteiger partial charge on any atom is 0.251 e. The molecule has 150 valence electrons. The van der Waals surface area contributed by atoms with E-state index in [0.29, 0.717) is 28.7 Å². The average Bonchev–Trinajstić information content (AvgIpc) is 3.22. The van der Waals surface area contributed by atoms with Crippen molar-refractivity contribution in [2.75, 3.05) is 17.5 Å². The lowest BCUT2D eigenvalue weighted by molar-refractivity contribution is 0.0954. The third-order valence-corrected chi connectivity index (χ3v) is 5.96. The third-order valence-electron chi connectivity index (χ3n) is 4.33. The van der Waals surface area contributed by atoms with Crippen LogP contribution in [0.5, 0.6) is 0 Å². The Morgan fingerprint density at radius 1 is 1.24 bits per heavy atom. The van der Waals surface area contributed by atoms with Crippen LogP contribution < -0.4 is 10.0 Å². The lowest BCUT2D eigenvalue weighted by Gasteiger charge is -2.05. The summed E-state index contributed by atoms with van der Waals surface area (Å²) in [7, 11) is -3.41. The Morgan fingerprint density at radius 3 is 2.86 bits per heavy atom. The Bertz CT molecular complexity index is 1330. The number of nitrogens with zero attached hydrogens (tertiary/aromatic N) is 1. The van der Waals surface area contributed by atoms with E-state index >= 15 is 0 Å². The number of rotatable bonds is 6. The number of anilines is 1. The van der Waals surface area contributed by atoms with Gasteiger partial charge in [-0.3, -0.25) is 9.52 Å². The summed E-state index contributed by atoms with van der Waals surface area (Å²) in [5.41, 5.74) is 2.84. The smallest absolute Gasteiger partial charge is 0.251 e. The molecule has 0 unspecified atom stereocenters. The fraction of sp³-hybridized carbons (Fsp3) is 0.158. The number of H-pyrrole nitrogens is 1. The van der Waals surface area contributed by atoms with E-state index in [9.17, 15) is 17.6 Å². The van der Waals surface area contributed by atoms with Gasteiger partial charge < -0.3 is 10.3 Å². The Morgan fingerprint density at radius 2 is 2.07 bits per heavy atom. The van der Waals surface area contributed by atoms with Gasteiger partial charge in [0.05, 0.1) is 16.5 Å². The van der Waals surface area contributed by atoms with Gasteiger partial charge in [0, 0.05) is 29.2 Å². The maximum absolute atomic E-state index is 13.5. The molecular weight excluding hydrogens is 415 g/mol. The molecule has 2 heterocycles. The highest BCUT2D eigenvalue weighted by molar-refractivity contribution is 7.92.